The number of hydrogen-bond donors (Lipinski definition) is 2. The number of phenols is 1. The molecule has 6 heteroatoms. The van der Waals surface area contributed by atoms with Gasteiger partial charge in [0, 0.05) is 11.8 Å². The fourth-order valence-corrected chi connectivity index (χ4v) is 1.86. The normalized spacial score (nSPS) is 10.2. The molecule has 0 bridgehead atoms. The van der Waals surface area contributed by atoms with Crippen LogP contribution in [0.5, 0.6) is 11.5 Å². The molecule has 2 aromatic carbocycles. The Morgan fingerprint density at radius 1 is 1.35 bits per heavy atom. The molecular weight excluding hydrogens is 285 g/mol. The summed E-state index contributed by atoms with van der Waals surface area (Å²) < 4.78 is 18.6. The first-order chi connectivity index (χ1) is 9.52. The van der Waals surface area contributed by atoms with Gasteiger partial charge in [-0.2, -0.15) is 0 Å². The van der Waals surface area contributed by atoms with E-state index < -0.39 is 23.0 Å². The number of nitrogens with one attached hydrogen (secondary N) is 1. The van der Waals surface area contributed by atoms with Crippen molar-refractivity contribution >= 4 is 23.2 Å². The van der Waals surface area contributed by atoms with Gasteiger partial charge in [-0.1, -0.05) is 17.7 Å². The predicted octanol–water partition coefficient (Wildman–Crippen LogP) is 3.45. The Bertz CT molecular complexity index is 641. The summed E-state index contributed by atoms with van der Waals surface area (Å²) in [5, 5.41) is 12.4. The molecule has 0 saturated carbocycles. The average Bonchev–Trinajstić information content (AvgIpc) is 2.40. The second-order valence-corrected chi connectivity index (χ2v) is 4.34. The molecule has 0 heterocycles. The average molecular weight is 296 g/mol. The Morgan fingerprint density at radius 3 is 2.75 bits per heavy atom. The summed E-state index contributed by atoms with van der Waals surface area (Å²) in [6, 6.07) is 8.22. The topological polar surface area (TPSA) is 58.6 Å². The fraction of sp³-hybridized carbons (Fsp3) is 0.0714. The van der Waals surface area contributed by atoms with E-state index in [0.29, 0.717) is 16.5 Å². The van der Waals surface area contributed by atoms with Crippen molar-refractivity contribution in [2.24, 2.45) is 0 Å². The molecule has 2 N–H and O–H groups in total. The molecule has 0 aliphatic carbocycles. The lowest BCUT2D eigenvalue weighted by Gasteiger charge is -2.09. The first kappa shape index (κ1) is 14.1. The molecule has 0 aliphatic heterocycles. The summed E-state index contributed by atoms with van der Waals surface area (Å²) in [7, 11) is 1.44. The van der Waals surface area contributed by atoms with Crippen LogP contribution >= 0.6 is 11.6 Å². The Morgan fingerprint density at radius 2 is 2.10 bits per heavy atom. The quantitative estimate of drug-likeness (QED) is 0.912. The molecule has 0 fully saturated rings. The summed E-state index contributed by atoms with van der Waals surface area (Å²) in [5.41, 5.74) is -0.0414. The molecule has 0 atom stereocenters. The van der Waals surface area contributed by atoms with Gasteiger partial charge < -0.3 is 15.2 Å². The van der Waals surface area contributed by atoms with E-state index in [-0.39, 0.29) is 0 Å². The molecule has 0 radical (unpaired) electrons. The van der Waals surface area contributed by atoms with E-state index in [1.165, 1.54) is 31.4 Å². The van der Waals surface area contributed by atoms with Crippen LogP contribution in [0, 0.1) is 5.82 Å². The largest absolute Gasteiger partial charge is 0.507 e. The number of phenolic OH excluding ortho intramolecular Hbond substituents is 1. The molecule has 0 aromatic heterocycles. The van der Waals surface area contributed by atoms with Gasteiger partial charge in [-0.25, -0.2) is 4.39 Å². The summed E-state index contributed by atoms with van der Waals surface area (Å²) >= 11 is 5.86. The van der Waals surface area contributed by atoms with E-state index in [4.69, 9.17) is 16.3 Å². The molecule has 1 amide bonds. The van der Waals surface area contributed by atoms with Crippen molar-refractivity contribution in [3.05, 3.63) is 52.8 Å². The highest BCUT2D eigenvalue weighted by molar-refractivity contribution is 6.32. The SMILES string of the molecule is COc1cc(NC(=O)c2c(O)cccc2F)ccc1Cl. The van der Waals surface area contributed by atoms with Gasteiger partial charge in [-0.3, -0.25) is 4.79 Å². The minimum Gasteiger partial charge on any atom is -0.507 e. The molecule has 2 rings (SSSR count). The summed E-state index contributed by atoms with van der Waals surface area (Å²) in [4.78, 5) is 12.0. The van der Waals surface area contributed by atoms with Crippen molar-refractivity contribution in [2.45, 2.75) is 0 Å². The van der Waals surface area contributed by atoms with Crippen LogP contribution in [0.15, 0.2) is 36.4 Å². The highest BCUT2D eigenvalue weighted by Gasteiger charge is 2.17. The Hall–Kier alpha value is -2.27. The number of methoxy groups -OCH3 is 1. The van der Waals surface area contributed by atoms with Crippen molar-refractivity contribution in [2.75, 3.05) is 12.4 Å². The van der Waals surface area contributed by atoms with Crippen LogP contribution in [0.25, 0.3) is 0 Å². The van der Waals surface area contributed by atoms with Crippen LogP contribution in [0.3, 0.4) is 0 Å². The van der Waals surface area contributed by atoms with E-state index in [2.05, 4.69) is 5.32 Å². The van der Waals surface area contributed by atoms with Crippen molar-refractivity contribution in [1.82, 2.24) is 0 Å². The molecule has 4 nitrogen and oxygen atoms in total. The zero-order chi connectivity index (χ0) is 14.7. The molecule has 0 spiro atoms. The molecule has 0 unspecified atom stereocenters. The van der Waals surface area contributed by atoms with Gasteiger partial charge >= 0.3 is 0 Å². The Balaban J connectivity index is 2.28. The van der Waals surface area contributed by atoms with Crippen LogP contribution in [-0.4, -0.2) is 18.1 Å². The van der Waals surface area contributed by atoms with Crippen molar-refractivity contribution in [3.63, 3.8) is 0 Å². The van der Waals surface area contributed by atoms with Gasteiger partial charge in [0.1, 0.15) is 22.9 Å². The maximum Gasteiger partial charge on any atom is 0.262 e. The van der Waals surface area contributed by atoms with Crippen molar-refractivity contribution in [3.8, 4) is 11.5 Å². The molecule has 20 heavy (non-hydrogen) atoms. The molecule has 104 valence electrons. The second-order valence-electron chi connectivity index (χ2n) is 3.94. The van der Waals surface area contributed by atoms with Crippen molar-refractivity contribution in [1.29, 1.82) is 0 Å². The van der Waals surface area contributed by atoms with Gasteiger partial charge in [0.15, 0.2) is 0 Å². The zero-order valence-corrected chi connectivity index (χ0v) is 11.2. The fourth-order valence-electron chi connectivity index (χ4n) is 1.67. The maximum absolute atomic E-state index is 13.5. The number of ether oxygens (including phenoxy) is 1. The lowest BCUT2D eigenvalue weighted by molar-refractivity contribution is 0.102. The number of rotatable bonds is 3. The third-order valence-corrected chi connectivity index (χ3v) is 2.94. The van der Waals surface area contributed by atoms with E-state index in [1.54, 1.807) is 6.07 Å². The number of aromatic hydroxyl groups is 1. The maximum atomic E-state index is 13.5. The van der Waals surface area contributed by atoms with E-state index >= 15 is 0 Å². The summed E-state index contributed by atoms with van der Waals surface area (Å²) in [5.74, 6) is -1.61. The highest BCUT2D eigenvalue weighted by Crippen LogP contribution is 2.28. The number of hydrogen-bond acceptors (Lipinski definition) is 3. The van der Waals surface area contributed by atoms with Crippen LogP contribution in [-0.2, 0) is 0 Å². The number of carbonyl (C=O) groups excluding carboxylic acids is 1. The number of halogens is 2. The van der Waals surface area contributed by atoms with Crippen LogP contribution in [0.4, 0.5) is 10.1 Å². The van der Waals surface area contributed by atoms with Gasteiger partial charge in [-0.05, 0) is 24.3 Å². The monoisotopic (exact) mass is 295 g/mol. The predicted molar refractivity (Wildman–Crippen MR) is 74.0 cm³/mol. The van der Waals surface area contributed by atoms with E-state index in [9.17, 15) is 14.3 Å². The number of benzene rings is 2. The van der Waals surface area contributed by atoms with Crippen LogP contribution in [0.1, 0.15) is 10.4 Å². The van der Waals surface area contributed by atoms with E-state index in [0.717, 1.165) is 6.07 Å². The molecule has 2 aromatic rings. The molecular formula is C14H11ClFNO3. The van der Waals surface area contributed by atoms with Crippen LogP contribution in [0.2, 0.25) is 5.02 Å². The van der Waals surface area contributed by atoms with Gasteiger partial charge in [-0.15, -0.1) is 0 Å². The van der Waals surface area contributed by atoms with E-state index in [1.807, 2.05) is 0 Å². The summed E-state index contributed by atoms with van der Waals surface area (Å²) in [6.07, 6.45) is 0. The number of anilines is 1. The Kier molecular flexibility index (Phi) is 4.10. The first-order valence-corrected chi connectivity index (χ1v) is 6.03. The first-order valence-electron chi connectivity index (χ1n) is 5.65. The molecule has 0 saturated heterocycles. The standard InChI is InChI=1S/C14H11ClFNO3/c1-20-12-7-8(5-6-9(12)15)17-14(19)13-10(16)3-2-4-11(13)18/h2-7,18H,1H3,(H,17,19). The third kappa shape index (κ3) is 2.83. The van der Waals surface area contributed by atoms with Crippen molar-refractivity contribution < 1.29 is 19.0 Å². The highest BCUT2D eigenvalue weighted by atomic mass is 35.5. The van der Waals surface area contributed by atoms with Crippen LogP contribution < -0.4 is 10.1 Å². The third-order valence-electron chi connectivity index (χ3n) is 2.63. The number of amides is 1. The smallest absolute Gasteiger partial charge is 0.262 e. The second kappa shape index (κ2) is 5.79. The Labute approximate surface area is 119 Å². The minimum atomic E-state index is -0.802. The lowest BCUT2D eigenvalue weighted by Crippen LogP contribution is -2.14. The van der Waals surface area contributed by atoms with Gasteiger partial charge in [0.25, 0.3) is 5.91 Å². The molecule has 0 aliphatic rings. The van der Waals surface area contributed by atoms with Gasteiger partial charge in [0.05, 0.1) is 12.1 Å². The summed E-state index contributed by atoms with van der Waals surface area (Å²) in [6.45, 7) is 0. The zero-order valence-electron chi connectivity index (χ0n) is 10.5. The minimum absolute atomic E-state index is 0.374. The van der Waals surface area contributed by atoms with Gasteiger partial charge in [0.2, 0.25) is 0 Å². The lowest BCUT2D eigenvalue weighted by atomic mass is 10.1. The number of carbonyl (C=O) groups is 1.